The minimum Gasteiger partial charge on any atom is -0.478 e. The second-order valence-corrected chi connectivity index (χ2v) is 14.2. The van der Waals surface area contributed by atoms with Crippen LogP contribution in [0.2, 0.25) is 0 Å². The number of rotatable bonds is 9. The Balaban J connectivity index is 1.63. The van der Waals surface area contributed by atoms with E-state index in [1.165, 1.54) is 28.8 Å². The molecule has 2 aromatic carbocycles. The first-order valence-electron chi connectivity index (χ1n) is 14.7. The number of aromatic carboxylic acids is 2. The van der Waals surface area contributed by atoms with Crippen molar-refractivity contribution >= 4 is 47.6 Å². The summed E-state index contributed by atoms with van der Waals surface area (Å²) in [6, 6.07) is 9.87. The van der Waals surface area contributed by atoms with E-state index in [-0.39, 0.29) is 29.0 Å². The van der Waals surface area contributed by atoms with Gasteiger partial charge in [-0.05, 0) is 82.9 Å². The molecule has 0 radical (unpaired) electrons. The van der Waals surface area contributed by atoms with Crippen molar-refractivity contribution in [3.63, 3.8) is 0 Å². The maximum absolute atomic E-state index is 13.7. The number of carboxylic acid groups (broad SMARTS) is 2. The lowest BCUT2D eigenvalue weighted by molar-refractivity contribution is -0.159. The van der Waals surface area contributed by atoms with Crippen LogP contribution in [-0.4, -0.2) is 79.3 Å². The largest absolute Gasteiger partial charge is 0.478 e. The van der Waals surface area contributed by atoms with Crippen molar-refractivity contribution < 1.29 is 48.5 Å². The molecule has 2 aromatic rings. The van der Waals surface area contributed by atoms with Gasteiger partial charge in [0.15, 0.2) is 0 Å². The van der Waals surface area contributed by atoms with Gasteiger partial charge in [-0.25, -0.2) is 19.2 Å². The van der Waals surface area contributed by atoms with Crippen LogP contribution in [-0.2, 0) is 30.3 Å². The summed E-state index contributed by atoms with van der Waals surface area (Å²) in [4.78, 5) is 78.0. The second-order valence-electron chi connectivity index (χ2n) is 13.0. The monoisotopic (exact) mass is 667 g/mol. The Hall–Kier alpha value is -4.85. The lowest BCUT2D eigenvalue weighted by Gasteiger charge is -2.50. The standard InChI is InChI=1S/C33H37N3O10S/c1-32(2,3)45-30(43)24-21(14-17-12-19(28(39)40)15-20(13-17)29(41)42)16-47-27-23(26(38)36(24)27)34-25(37)22(18-10-8-7-9-11-18)35-31(44)46-33(4,5)6/h7-13,15,22-23,27H,14,16H2,1-6H3,(H,34,37)(H,35,44)(H,39,40)(H,41,42)/t22-,23-,27-/m1/s1. The first-order valence-corrected chi connectivity index (χ1v) is 15.7. The highest BCUT2D eigenvalue weighted by Gasteiger charge is 2.55. The Labute approximate surface area is 275 Å². The SMILES string of the molecule is CC(C)(C)OC(=O)N[C@@H](C(=O)N[C@@H]1C(=O)N2C(C(=O)OC(C)(C)C)=C(Cc3cc(C(=O)O)cc(C(=O)O)c3)CS[C@H]12)c1ccccc1. The van der Waals surface area contributed by atoms with Crippen LogP contribution in [0.1, 0.15) is 79.4 Å². The lowest BCUT2D eigenvalue weighted by atomic mass is 9.96. The number of fused-ring (bicyclic) bond motifs is 1. The number of carbonyl (C=O) groups is 6. The van der Waals surface area contributed by atoms with Crippen LogP contribution in [0.15, 0.2) is 59.8 Å². The van der Waals surface area contributed by atoms with Gasteiger partial charge in [0.1, 0.15) is 34.4 Å². The summed E-state index contributed by atoms with van der Waals surface area (Å²) in [7, 11) is 0. The van der Waals surface area contributed by atoms with Gasteiger partial charge in [0.25, 0.3) is 5.91 Å². The van der Waals surface area contributed by atoms with E-state index in [1.54, 1.807) is 71.9 Å². The molecule has 4 N–H and O–H groups in total. The predicted molar refractivity (Wildman–Crippen MR) is 171 cm³/mol. The normalized spacial score (nSPS) is 18.3. The molecule has 0 saturated carbocycles. The van der Waals surface area contributed by atoms with Crippen LogP contribution < -0.4 is 10.6 Å². The lowest BCUT2D eigenvalue weighted by Crippen LogP contribution is -2.71. The summed E-state index contributed by atoms with van der Waals surface area (Å²) in [5, 5.41) is 23.6. The highest BCUT2D eigenvalue weighted by molar-refractivity contribution is 8.00. The van der Waals surface area contributed by atoms with Crippen LogP contribution in [0.3, 0.4) is 0 Å². The van der Waals surface area contributed by atoms with Gasteiger partial charge in [-0.1, -0.05) is 30.3 Å². The number of nitrogens with one attached hydrogen (secondary N) is 2. The molecule has 14 heteroatoms. The van der Waals surface area contributed by atoms with Crippen LogP contribution >= 0.6 is 11.8 Å². The van der Waals surface area contributed by atoms with Crippen molar-refractivity contribution in [2.45, 2.75) is 76.6 Å². The summed E-state index contributed by atoms with van der Waals surface area (Å²) in [5.41, 5.74) is -1.09. The first kappa shape index (κ1) is 35.0. The molecule has 3 atom stereocenters. The molecule has 0 bridgehead atoms. The Morgan fingerprint density at radius 1 is 0.915 bits per heavy atom. The molecule has 0 unspecified atom stereocenters. The third kappa shape index (κ3) is 8.50. The van der Waals surface area contributed by atoms with Gasteiger partial charge in [0.2, 0.25) is 5.91 Å². The third-order valence-corrected chi connectivity index (χ3v) is 8.24. The Morgan fingerprint density at radius 3 is 2.02 bits per heavy atom. The smallest absolute Gasteiger partial charge is 0.408 e. The second kappa shape index (κ2) is 13.5. The third-order valence-electron chi connectivity index (χ3n) is 6.90. The van der Waals surface area contributed by atoms with E-state index in [2.05, 4.69) is 10.6 Å². The summed E-state index contributed by atoms with van der Waals surface area (Å²) >= 11 is 1.26. The molecule has 3 amide bonds. The fraction of sp³-hybridized carbons (Fsp3) is 0.394. The van der Waals surface area contributed by atoms with Crippen LogP contribution in [0.25, 0.3) is 0 Å². The number of amides is 3. The highest BCUT2D eigenvalue weighted by Crippen LogP contribution is 2.42. The molecule has 47 heavy (non-hydrogen) atoms. The zero-order valence-corrected chi connectivity index (χ0v) is 27.6. The molecular weight excluding hydrogens is 630 g/mol. The topological polar surface area (TPSA) is 189 Å². The van der Waals surface area contributed by atoms with E-state index in [0.717, 1.165) is 6.07 Å². The maximum Gasteiger partial charge on any atom is 0.408 e. The van der Waals surface area contributed by atoms with Gasteiger partial charge < -0.3 is 30.3 Å². The number of hydrogen-bond donors (Lipinski definition) is 4. The molecule has 4 rings (SSSR count). The molecule has 0 spiro atoms. The van der Waals surface area contributed by atoms with E-state index >= 15 is 0 Å². The van der Waals surface area contributed by atoms with Crippen LogP contribution in [0.4, 0.5) is 4.79 Å². The fourth-order valence-corrected chi connectivity index (χ4v) is 6.38. The predicted octanol–water partition coefficient (Wildman–Crippen LogP) is 3.89. The Kier molecular flexibility index (Phi) is 10.0. The maximum atomic E-state index is 13.7. The summed E-state index contributed by atoms with van der Waals surface area (Å²) in [6.07, 6.45) is -0.861. The van der Waals surface area contributed by atoms with Crippen molar-refractivity contribution in [1.82, 2.24) is 15.5 Å². The Morgan fingerprint density at radius 2 is 1.49 bits per heavy atom. The summed E-state index contributed by atoms with van der Waals surface area (Å²) in [5.74, 6) is -4.50. The number of benzene rings is 2. The van der Waals surface area contributed by atoms with E-state index < -0.39 is 64.5 Å². The number of esters is 1. The van der Waals surface area contributed by atoms with Crippen molar-refractivity contribution in [3.05, 3.63) is 82.1 Å². The molecule has 250 valence electrons. The van der Waals surface area contributed by atoms with Crippen LogP contribution in [0.5, 0.6) is 0 Å². The number of carbonyl (C=O) groups excluding carboxylic acids is 4. The zero-order chi connectivity index (χ0) is 34.8. The number of thioether (sulfide) groups is 1. The van der Waals surface area contributed by atoms with Crippen molar-refractivity contribution in [2.75, 3.05) is 5.75 Å². The number of carboxylic acids is 2. The van der Waals surface area contributed by atoms with Crippen molar-refractivity contribution in [3.8, 4) is 0 Å². The van der Waals surface area contributed by atoms with E-state index in [0.29, 0.717) is 16.7 Å². The molecule has 13 nitrogen and oxygen atoms in total. The number of β-lactam (4-membered cyclic amide) rings is 1. The van der Waals surface area contributed by atoms with Crippen molar-refractivity contribution in [2.24, 2.45) is 0 Å². The minimum absolute atomic E-state index is 0.0353. The molecule has 0 aromatic heterocycles. The summed E-state index contributed by atoms with van der Waals surface area (Å²) < 4.78 is 11.0. The number of alkyl carbamates (subject to hydrolysis) is 1. The minimum atomic E-state index is -1.32. The first-order chi connectivity index (χ1) is 21.8. The molecular formula is C33H37N3O10S. The number of hydrogen-bond acceptors (Lipinski definition) is 9. The van der Waals surface area contributed by atoms with Crippen molar-refractivity contribution in [1.29, 1.82) is 0 Å². The molecule has 1 fully saturated rings. The van der Waals surface area contributed by atoms with Crippen LogP contribution in [0, 0.1) is 0 Å². The number of nitrogens with zero attached hydrogens (tertiary/aromatic N) is 1. The van der Waals surface area contributed by atoms with Gasteiger partial charge in [0.05, 0.1) is 11.1 Å². The highest BCUT2D eigenvalue weighted by atomic mass is 32.2. The average Bonchev–Trinajstić information content (AvgIpc) is 2.96. The van der Waals surface area contributed by atoms with Gasteiger partial charge in [-0.3, -0.25) is 14.5 Å². The molecule has 0 aliphatic carbocycles. The molecule has 1 saturated heterocycles. The Bertz CT molecular complexity index is 1610. The fourth-order valence-electron chi connectivity index (χ4n) is 5.03. The van der Waals surface area contributed by atoms with E-state index in [9.17, 15) is 39.0 Å². The van der Waals surface area contributed by atoms with E-state index in [1.807, 2.05) is 0 Å². The average molecular weight is 668 g/mol. The zero-order valence-electron chi connectivity index (χ0n) is 26.8. The van der Waals surface area contributed by atoms with Gasteiger partial charge in [-0.2, -0.15) is 0 Å². The summed E-state index contributed by atoms with van der Waals surface area (Å²) in [6.45, 7) is 10.0. The number of ether oxygens (including phenoxy) is 2. The van der Waals surface area contributed by atoms with Gasteiger partial charge in [0, 0.05) is 5.75 Å². The molecule has 2 aliphatic heterocycles. The van der Waals surface area contributed by atoms with Gasteiger partial charge in [-0.15, -0.1) is 11.8 Å². The molecule has 2 heterocycles. The van der Waals surface area contributed by atoms with E-state index in [4.69, 9.17) is 9.47 Å². The quantitative estimate of drug-likeness (QED) is 0.224. The van der Waals surface area contributed by atoms with Gasteiger partial charge >= 0.3 is 24.0 Å². The molecule has 2 aliphatic rings.